The number of halogens is 2. The van der Waals surface area contributed by atoms with E-state index in [4.69, 9.17) is 11.6 Å². The second-order valence-corrected chi connectivity index (χ2v) is 5.88. The SMILES string of the molecule is CCNc1ccc(Cl)cc1C(=O)NCc1ccc(Br)cc1. The van der Waals surface area contributed by atoms with E-state index in [1.54, 1.807) is 12.1 Å². The van der Waals surface area contributed by atoms with Gasteiger partial charge in [-0.15, -0.1) is 0 Å². The molecule has 2 N–H and O–H groups in total. The van der Waals surface area contributed by atoms with E-state index in [2.05, 4.69) is 26.6 Å². The lowest BCUT2D eigenvalue weighted by molar-refractivity contribution is 0.0951. The Morgan fingerprint density at radius 3 is 2.57 bits per heavy atom. The van der Waals surface area contributed by atoms with Gasteiger partial charge >= 0.3 is 0 Å². The number of anilines is 1. The van der Waals surface area contributed by atoms with Gasteiger partial charge in [0.15, 0.2) is 0 Å². The van der Waals surface area contributed by atoms with Crippen LogP contribution in [0.4, 0.5) is 5.69 Å². The fraction of sp³-hybridized carbons (Fsp3) is 0.188. The molecule has 2 rings (SSSR count). The maximum absolute atomic E-state index is 12.3. The van der Waals surface area contributed by atoms with Crippen molar-refractivity contribution in [1.29, 1.82) is 0 Å². The molecule has 0 saturated heterocycles. The van der Waals surface area contributed by atoms with Crippen LogP contribution in [-0.4, -0.2) is 12.5 Å². The minimum atomic E-state index is -0.142. The second kappa shape index (κ2) is 7.48. The molecule has 21 heavy (non-hydrogen) atoms. The van der Waals surface area contributed by atoms with Crippen LogP contribution in [0.3, 0.4) is 0 Å². The summed E-state index contributed by atoms with van der Waals surface area (Å²) >= 11 is 9.37. The van der Waals surface area contributed by atoms with Gasteiger partial charge in [0.25, 0.3) is 5.91 Å². The fourth-order valence-electron chi connectivity index (χ4n) is 1.93. The van der Waals surface area contributed by atoms with Crippen molar-refractivity contribution in [3.8, 4) is 0 Å². The lowest BCUT2D eigenvalue weighted by Crippen LogP contribution is -2.24. The zero-order chi connectivity index (χ0) is 15.2. The predicted octanol–water partition coefficient (Wildman–Crippen LogP) is 4.46. The van der Waals surface area contributed by atoms with Gasteiger partial charge in [0.05, 0.1) is 5.56 Å². The van der Waals surface area contributed by atoms with Gasteiger partial charge in [-0.25, -0.2) is 0 Å². The Kier molecular flexibility index (Phi) is 5.65. The molecule has 0 saturated carbocycles. The Hall–Kier alpha value is -1.52. The molecule has 0 fully saturated rings. The molecule has 1 amide bonds. The Bertz CT molecular complexity index is 629. The van der Waals surface area contributed by atoms with Crippen LogP contribution in [0.15, 0.2) is 46.9 Å². The van der Waals surface area contributed by atoms with E-state index in [0.717, 1.165) is 22.3 Å². The van der Waals surface area contributed by atoms with E-state index in [0.29, 0.717) is 17.1 Å². The number of amides is 1. The van der Waals surface area contributed by atoms with Crippen LogP contribution in [0, 0.1) is 0 Å². The van der Waals surface area contributed by atoms with Gasteiger partial charge in [-0.05, 0) is 42.8 Å². The van der Waals surface area contributed by atoms with Crippen LogP contribution in [0.2, 0.25) is 5.02 Å². The van der Waals surface area contributed by atoms with Crippen molar-refractivity contribution in [3.63, 3.8) is 0 Å². The Morgan fingerprint density at radius 2 is 1.90 bits per heavy atom. The van der Waals surface area contributed by atoms with E-state index in [1.165, 1.54) is 0 Å². The highest BCUT2D eigenvalue weighted by Crippen LogP contribution is 2.20. The smallest absolute Gasteiger partial charge is 0.253 e. The summed E-state index contributed by atoms with van der Waals surface area (Å²) in [5.74, 6) is -0.142. The minimum absolute atomic E-state index is 0.142. The maximum Gasteiger partial charge on any atom is 0.253 e. The Morgan fingerprint density at radius 1 is 1.19 bits per heavy atom. The summed E-state index contributed by atoms with van der Waals surface area (Å²) in [7, 11) is 0. The van der Waals surface area contributed by atoms with E-state index >= 15 is 0 Å². The molecule has 0 radical (unpaired) electrons. The van der Waals surface area contributed by atoms with Crippen molar-refractivity contribution in [2.45, 2.75) is 13.5 Å². The lowest BCUT2D eigenvalue weighted by Gasteiger charge is -2.11. The summed E-state index contributed by atoms with van der Waals surface area (Å²) in [6.45, 7) is 3.21. The molecule has 0 spiro atoms. The van der Waals surface area contributed by atoms with Gasteiger partial charge in [0.1, 0.15) is 0 Å². The third kappa shape index (κ3) is 4.48. The van der Waals surface area contributed by atoms with Crippen LogP contribution >= 0.6 is 27.5 Å². The maximum atomic E-state index is 12.3. The molecule has 0 aliphatic rings. The normalized spacial score (nSPS) is 10.2. The monoisotopic (exact) mass is 366 g/mol. The topological polar surface area (TPSA) is 41.1 Å². The van der Waals surface area contributed by atoms with Crippen molar-refractivity contribution < 1.29 is 4.79 Å². The molecular formula is C16H16BrClN2O. The molecule has 5 heteroatoms. The average molecular weight is 368 g/mol. The third-order valence-corrected chi connectivity index (χ3v) is 3.72. The number of nitrogens with one attached hydrogen (secondary N) is 2. The zero-order valence-electron chi connectivity index (χ0n) is 11.6. The van der Waals surface area contributed by atoms with Crippen molar-refractivity contribution >= 4 is 39.1 Å². The summed E-state index contributed by atoms with van der Waals surface area (Å²) in [5.41, 5.74) is 2.38. The van der Waals surface area contributed by atoms with Gasteiger partial charge in [0.2, 0.25) is 0 Å². The first-order chi connectivity index (χ1) is 10.1. The highest BCUT2D eigenvalue weighted by atomic mass is 79.9. The molecule has 2 aromatic carbocycles. The van der Waals surface area contributed by atoms with Gasteiger partial charge in [0, 0.05) is 28.3 Å². The van der Waals surface area contributed by atoms with Crippen LogP contribution in [0.5, 0.6) is 0 Å². The van der Waals surface area contributed by atoms with Crippen LogP contribution in [0.25, 0.3) is 0 Å². The molecule has 0 aliphatic carbocycles. The standard InChI is InChI=1S/C16H16BrClN2O/c1-2-19-15-8-7-13(18)9-14(15)16(21)20-10-11-3-5-12(17)6-4-11/h3-9,19H,2,10H2,1H3,(H,20,21). The number of rotatable bonds is 5. The third-order valence-electron chi connectivity index (χ3n) is 2.96. The van der Waals surface area contributed by atoms with Crippen LogP contribution in [-0.2, 0) is 6.54 Å². The molecule has 0 heterocycles. The zero-order valence-corrected chi connectivity index (χ0v) is 14.0. The largest absolute Gasteiger partial charge is 0.385 e. The van der Waals surface area contributed by atoms with Crippen molar-refractivity contribution in [2.75, 3.05) is 11.9 Å². The molecule has 0 unspecified atom stereocenters. The molecule has 110 valence electrons. The predicted molar refractivity (Wildman–Crippen MR) is 90.9 cm³/mol. The van der Waals surface area contributed by atoms with Crippen molar-refractivity contribution in [2.24, 2.45) is 0 Å². The Balaban J connectivity index is 2.09. The van der Waals surface area contributed by atoms with Crippen LogP contribution in [0.1, 0.15) is 22.8 Å². The highest BCUT2D eigenvalue weighted by Gasteiger charge is 2.11. The highest BCUT2D eigenvalue weighted by molar-refractivity contribution is 9.10. The number of carbonyl (C=O) groups is 1. The van der Waals surface area contributed by atoms with Gasteiger partial charge < -0.3 is 10.6 Å². The quantitative estimate of drug-likeness (QED) is 0.819. The molecular weight excluding hydrogens is 352 g/mol. The summed E-state index contributed by atoms with van der Waals surface area (Å²) in [4.78, 5) is 12.3. The molecule has 0 aromatic heterocycles. The summed E-state index contributed by atoms with van der Waals surface area (Å²) in [5, 5.41) is 6.62. The molecule has 0 aliphatic heterocycles. The number of benzene rings is 2. The Labute approximate surface area is 137 Å². The molecule has 0 atom stereocenters. The fourth-order valence-corrected chi connectivity index (χ4v) is 2.37. The second-order valence-electron chi connectivity index (χ2n) is 4.53. The number of hydrogen-bond acceptors (Lipinski definition) is 2. The summed E-state index contributed by atoms with van der Waals surface area (Å²) in [6, 6.07) is 13.1. The summed E-state index contributed by atoms with van der Waals surface area (Å²) in [6.07, 6.45) is 0. The van der Waals surface area contributed by atoms with Crippen LogP contribution < -0.4 is 10.6 Å². The summed E-state index contributed by atoms with van der Waals surface area (Å²) < 4.78 is 1.02. The van der Waals surface area contributed by atoms with Gasteiger partial charge in [-0.2, -0.15) is 0 Å². The average Bonchev–Trinajstić information content (AvgIpc) is 2.48. The van der Waals surface area contributed by atoms with E-state index in [9.17, 15) is 4.79 Å². The van der Waals surface area contributed by atoms with E-state index < -0.39 is 0 Å². The van der Waals surface area contributed by atoms with Gasteiger partial charge in [-0.1, -0.05) is 39.7 Å². The number of hydrogen-bond donors (Lipinski definition) is 2. The van der Waals surface area contributed by atoms with Crippen molar-refractivity contribution in [1.82, 2.24) is 5.32 Å². The van der Waals surface area contributed by atoms with Crippen molar-refractivity contribution in [3.05, 3.63) is 63.1 Å². The first-order valence-corrected chi connectivity index (χ1v) is 7.83. The first-order valence-electron chi connectivity index (χ1n) is 6.66. The molecule has 0 bridgehead atoms. The number of carbonyl (C=O) groups excluding carboxylic acids is 1. The van der Waals surface area contributed by atoms with E-state index in [1.807, 2.05) is 37.3 Å². The lowest BCUT2D eigenvalue weighted by atomic mass is 10.1. The van der Waals surface area contributed by atoms with Gasteiger partial charge in [-0.3, -0.25) is 4.79 Å². The first kappa shape index (κ1) is 15.9. The van der Waals surface area contributed by atoms with E-state index in [-0.39, 0.29) is 5.91 Å². The molecule has 2 aromatic rings. The molecule has 3 nitrogen and oxygen atoms in total. The minimum Gasteiger partial charge on any atom is -0.385 e.